The van der Waals surface area contributed by atoms with Crippen LogP contribution in [0.15, 0.2) is 36.4 Å². The molecule has 29 heavy (non-hydrogen) atoms. The monoisotopic (exact) mass is 430 g/mol. The third-order valence-electron chi connectivity index (χ3n) is 3.85. The van der Waals surface area contributed by atoms with Crippen LogP contribution in [0.1, 0.15) is 17.3 Å². The zero-order valence-corrected chi connectivity index (χ0v) is 15.3. The minimum atomic E-state index is -3.33. The predicted molar refractivity (Wildman–Crippen MR) is 93.3 cm³/mol. The third-order valence-corrected chi connectivity index (χ3v) is 4.10. The van der Waals surface area contributed by atoms with Crippen LogP contribution in [-0.2, 0) is 9.53 Å². The van der Waals surface area contributed by atoms with Crippen molar-refractivity contribution in [2.45, 2.75) is 24.9 Å². The minimum Gasteiger partial charge on any atom is -0.436 e. The van der Waals surface area contributed by atoms with Crippen LogP contribution in [0, 0.1) is 0 Å². The van der Waals surface area contributed by atoms with Gasteiger partial charge in [0.05, 0.1) is 18.3 Å². The summed E-state index contributed by atoms with van der Waals surface area (Å²) in [4.78, 5) is 23.6. The molecule has 154 valence electrons. The summed E-state index contributed by atoms with van der Waals surface area (Å²) >= 11 is 5.89. The van der Waals surface area contributed by atoms with Gasteiger partial charge in [0.1, 0.15) is 0 Å². The number of cyclic esters (lactones) is 1. The van der Waals surface area contributed by atoms with Gasteiger partial charge in [-0.1, -0.05) is 23.7 Å². The molecule has 0 aliphatic carbocycles. The standard InChI is InChI=1S/C17H14ClF3N4O4/c18-9-3-1-8(2-4-9)13(23-16(26)11-7-22-17(27)28-11)10-5-6-12(25-24-10)29-15(21)14(19)20/h1-6,11,13-15H,7H2,(H,22,27)(H,23,26)/t11?,13-,15?/m0/s1. The second-order valence-corrected chi connectivity index (χ2v) is 6.30. The van der Waals surface area contributed by atoms with Crippen molar-refractivity contribution in [1.29, 1.82) is 0 Å². The van der Waals surface area contributed by atoms with Crippen molar-refractivity contribution in [2.75, 3.05) is 6.54 Å². The number of alkyl carbamates (subject to hydrolysis) is 1. The predicted octanol–water partition coefficient (Wildman–Crippen LogP) is 2.38. The molecule has 1 aliphatic heterocycles. The lowest BCUT2D eigenvalue weighted by Gasteiger charge is -2.20. The topological polar surface area (TPSA) is 102 Å². The summed E-state index contributed by atoms with van der Waals surface area (Å²) in [7, 11) is 0. The van der Waals surface area contributed by atoms with Crippen LogP contribution in [-0.4, -0.2) is 47.6 Å². The molecule has 3 rings (SSSR count). The Balaban J connectivity index is 1.81. The zero-order valence-electron chi connectivity index (χ0n) is 14.5. The fourth-order valence-electron chi connectivity index (χ4n) is 2.47. The quantitative estimate of drug-likeness (QED) is 0.699. The molecule has 2 unspecified atom stereocenters. The summed E-state index contributed by atoms with van der Waals surface area (Å²) in [6.45, 7) is 0.00196. The lowest BCUT2D eigenvalue weighted by atomic mass is 10.0. The van der Waals surface area contributed by atoms with E-state index in [1.54, 1.807) is 24.3 Å². The first-order valence-corrected chi connectivity index (χ1v) is 8.64. The van der Waals surface area contributed by atoms with E-state index in [1.165, 1.54) is 6.07 Å². The van der Waals surface area contributed by atoms with Gasteiger partial charge < -0.3 is 20.1 Å². The number of hydrogen-bond donors (Lipinski definition) is 2. The second kappa shape index (κ2) is 8.95. The molecule has 2 aromatic rings. The van der Waals surface area contributed by atoms with Crippen LogP contribution in [0.4, 0.5) is 18.0 Å². The third kappa shape index (κ3) is 5.25. The number of hydrogen-bond acceptors (Lipinski definition) is 6. The smallest absolute Gasteiger partial charge is 0.408 e. The van der Waals surface area contributed by atoms with Crippen molar-refractivity contribution >= 4 is 23.6 Å². The van der Waals surface area contributed by atoms with Gasteiger partial charge >= 0.3 is 12.5 Å². The summed E-state index contributed by atoms with van der Waals surface area (Å²) in [5.74, 6) is -1.04. The maximum Gasteiger partial charge on any atom is 0.408 e. The molecule has 1 aliphatic rings. The molecule has 2 heterocycles. The van der Waals surface area contributed by atoms with Gasteiger partial charge in [0.2, 0.25) is 5.88 Å². The summed E-state index contributed by atoms with van der Waals surface area (Å²) in [5, 5.41) is 12.9. The van der Waals surface area contributed by atoms with Gasteiger partial charge in [-0.15, -0.1) is 10.2 Å². The average Bonchev–Trinajstić information content (AvgIpc) is 3.14. The van der Waals surface area contributed by atoms with Crippen LogP contribution in [0.5, 0.6) is 5.88 Å². The van der Waals surface area contributed by atoms with Crippen molar-refractivity contribution in [3.63, 3.8) is 0 Å². The minimum absolute atomic E-state index is 0.00196. The molecule has 0 saturated carbocycles. The highest BCUT2D eigenvalue weighted by atomic mass is 35.5. The molecule has 1 saturated heterocycles. The number of carbonyl (C=O) groups excluding carboxylic acids is 2. The van der Waals surface area contributed by atoms with E-state index in [0.717, 1.165) is 6.07 Å². The molecule has 1 aromatic heterocycles. The number of benzene rings is 1. The fraction of sp³-hybridized carbons (Fsp3) is 0.294. The molecule has 0 radical (unpaired) electrons. The summed E-state index contributed by atoms with van der Waals surface area (Å²) in [5.41, 5.74) is 0.775. The Labute approximate surface area is 167 Å². The molecule has 2 N–H and O–H groups in total. The number of rotatable bonds is 7. The first-order valence-electron chi connectivity index (χ1n) is 8.26. The highest BCUT2D eigenvalue weighted by Gasteiger charge is 2.32. The van der Waals surface area contributed by atoms with Gasteiger partial charge in [-0.25, -0.2) is 13.6 Å². The lowest BCUT2D eigenvalue weighted by Crippen LogP contribution is -2.39. The van der Waals surface area contributed by atoms with Crippen LogP contribution in [0.25, 0.3) is 0 Å². The zero-order chi connectivity index (χ0) is 21.0. The first kappa shape index (κ1) is 20.6. The molecule has 0 bridgehead atoms. The van der Waals surface area contributed by atoms with Crippen molar-refractivity contribution < 1.29 is 32.2 Å². The van der Waals surface area contributed by atoms with Crippen LogP contribution >= 0.6 is 11.6 Å². The van der Waals surface area contributed by atoms with Gasteiger partial charge in [0, 0.05) is 11.1 Å². The fourth-order valence-corrected chi connectivity index (χ4v) is 2.59. The molecule has 0 spiro atoms. The Hall–Kier alpha value is -3.08. The Morgan fingerprint density at radius 1 is 1.21 bits per heavy atom. The first-order chi connectivity index (χ1) is 13.8. The summed E-state index contributed by atoms with van der Waals surface area (Å²) in [6.07, 6.45) is -7.92. The molecule has 1 aromatic carbocycles. The van der Waals surface area contributed by atoms with Crippen molar-refractivity contribution in [3.05, 3.63) is 52.7 Å². The van der Waals surface area contributed by atoms with E-state index in [9.17, 15) is 22.8 Å². The molecular weight excluding hydrogens is 417 g/mol. The Morgan fingerprint density at radius 2 is 1.93 bits per heavy atom. The highest BCUT2D eigenvalue weighted by Crippen LogP contribution is 2.24. The number of carbonyl (C=O) groups is 2. The van der Waals surface area contributed by atoms with Gasteiger partial charge in [-0.3, -0.25) is 4.79 Å². The lowest BCUT2D eigenvalue weighted by molar-refractivity contribution is -0.128. The molecule has 12 heteroatoms. The summed E-state index contributed by atoms with van der Waals surface area (Å²) < 4.78 is 46.7. The van der Waals surface area contributed by atoms with E-state index in [2.05, 4.69) is 25.6 Å². The number of amides is 2. The maximum atomic E-state index is 13.0. The molecule has 1 fully saturated rings. The van der Waals surface area contributed by atoms with Gasteiger partial charge in [-0.05, 0) is 23.8 Å². The van der Waals surface area contributed by atoms with Gasteiger partial charge in [-0.2, -0.15) is 4.39 Å². The number of nitrogens with zero attached hydrogens (tertiary/aromatic N) is 2. The number of nitrogens with one attached hydrogen (secondary N) is 2. The normalized spacial score (nSPS) is 18.0. The molecule has 8 nitrogen and oxygen atoms in total. The van der Waals surface area contributed by atoms with E-state index in [0.29, 0.717) is 10.6 Å². The van der Waals surface area contributed by atoms with E-state index >= 15 is 0 Å². The van der Waals surface area contributed by atoms with Crippen molar-refractivity contribution in [3.8, 4) is 5.88 Å². The number of halogens is 4. The summed E-state index contributed by atoms with van der Waals surface area (Å²) in [6, 6.07) is 8.09. The second-order valence-electron chi connectivity index (χ2n) is 5.87. The molecule has 3 atom stereocenters. The highest BCUT2D eigenvalue weighted by molar-refractivity contribution is 6.30. The van der Waals surface area contributed by atoms with Crippen LogP contribution in [0.3, 0.4) is 0 Å². The number of ether oxygens (including phenoxy) is 2. The van der Waals surface area contributed by atoms with E-state index in [1.807, 2.05) is 0 Å². The molecular formula is C17H14ClF3N4O4. The van der Waals surface area contributed by atoms with E-state index < -0.39 is 42.8 Å². The Bertz CT molecular complexity index is 870. The van der Waals surface area contributed by atoms with Gasteiger partial charge in [0.15, 0.2) is 6.10 Å². The van der Waals surface area contributed by atoms with E-state index in [-0.39, 0.29) is 12.2 Å². The largest absolute Gasteiger partial charge is 0.436 e. The Morgan fingerprint density at radius 3 is 2.48 bits per heavy atom. The number of aromatic nitrogens is 2. The number of alkyl halides is 3. The van der Waals surface area contributed by atoms with Crippen LogP contribution in [0.2, 0.25) is 5.02 Å². The van der Waals surface area contributed by atoms with Crippen LogP contribution < -0.4 is 15.4 Å². The maximum absolute atomic E-state index is 13.0. The van der Waals surface area contributed by atoms with Crippen molar-refractivity contribution in [1.82, 2.24) is 20.8 Å². The SMILES string of the molecule is O=C1NCC(C(=O)N[C@@H](c2ccc(Cl)cc2)c2ccc(OC(F)C(F)F)nn2)O1. The van der Waals surface area contributed by atoms with E-state index in [4.69, 9.17) is 16.3 Å². The van der Waals surface area contributed by atoms with Crippen molar-refractivity contribution in [2.24, 2.45) is 0 Å². The van der Waals surface area contributed by atoms with Gasteiger partial charge in [0.25, 0.3) is 12.3 Å². The average molecular weight is 431 g/mol. The molecule has 2 amide bonds. The Kier molecular flexibility index (Phi) is 6.37.